The quantitative estimate of drug-likeness (QED) is 0.233. The molecule has 18 N–H and O–H groups in total. The molecule has 0 aliphatic rings. The van der Waals surface area contributed by atoms with Gasteiger partial charge in [0.05, 0.1) is 35.8 Å². The standard InChI is InChI=1S/3C2H2O4.9H2O.2Y/c3*3-1(4)2(5)6;;;;;;;;;;;/h3*(H,3,4)(H,5,6);9*1H2;;/q;;;;;;;;;;;;2*+3/p-6. The maximum atomic E-state index is 8.93. The molecule has 0 saturated carbocycles. The Hall–Kier alpha value is -1.33. The number of carbonyl (C=O) groups excluding carboxylic acids is 6. The Morgan fingerprint density at radius 1 is 0.276 bits per heavy atom. The third kappa shape index (κ3) is 143. The van der Waals surface area contributed by atoms with E-state index in [-0.39, 0.29) is 115 Å². The van der Waals surface area contributed by atoms with Crippen molar-refractivity contribution < 1.29 is 174 Å². The molecule has 0 aromatic rings. The number of carboxylic acid groups (broad SMARTS) is 6. The van der Waals surface area contributed by atoms with E-state index < -0.39 is 35.8 Å². The van der Waals surface area contributed by atoms with E-state index in [2.05, 4.69) is 0 Å². The molecule has 29 heavy (non-hydrogen) atoms. The molecule has 0 amide bonds. The van der Waals surface area contributed by atoms with Crippen molar-refractivity contribution in [1.29, 1.82) is 0 Å². The Bertz CT molecular complexity index is 286. The number of carboxylic acids is 6. The number of hydrogen-bond donors (Lipinski definition) is 0. The van der Waals surface area contributed by atoms with Crippen LogP contribution in [0.5, 0.6) is 0 Å². The summed E-state index contributed by atoms with van der Waals surface area (Å²) >= 11 is 0. The summed E-state index contributed by atoms with van der Waals surface area (Å²) in [5.41, 5.74) is 0. The molecule has 21 nitrogen and oxygen atoms in total. The fourth-order valence-corrected chi connectivity index (χ4v) is 0. The van der Waals surface area contributed by atoms with Gasteiger partial charge in [-0.15, -0.1) is 0 Å². The van der Waals surface area contributed by atoms with E-state index in [0.717, 1.165) is 0 Å². The minimum Gasteiger partial charge on any atom is -0.543 e. The van der Waals surface area contributed by atoms with Gasteiger partial charge in [-0.2, -0.15) is 0 Å². The molecule has 0 rings (SSSR count). The first kappa shape index (κ1) is 105. The number of hydrogen-bond acceptors (Lipinski definition) is 12. The Kier molecular flexibility index (Phi) is 230. The molecule has 0 aromatic carbocycles. The minimum absolute atomic E-state index is 0. The van der Waals surface area contributed by atoms with E-state index in [0.29, 0.717) is 0 Å². The summed E-state index contributed by atoms with van der Waals surface area (Å²) in [6.07, 6.45) is 0. The first-order valence-corrected chi connectivity index (χ1v) is 3.20. The first-order valence-electron chi connectivity index (χ1n) is 3.20. The Morgan fingerprint density at radius 2 is 0.310 bits per heavy atom. The van der Waals surface area contributed by atoms with Gasteiger partial charge in [0.15, 0.2) is 0 Å². The molecule has 174 valence electrons. The second-order valence-corrected chi connectivity index (χ2v) is 1.72. The van der Waals surface area contributed by atoms with Gasteiger partial charge in [-0.25, -0.2) is 0 Å². The predicted octanol–water partition coefficient (Wildman–Crippen LogP) is -18.0. The average Bonchev–Trinajstić information content (AvgIpc) is 2.18. The molecule has 23 heteroatoms. The van der Waals surface area contributed by atoms with Gasteiger partial charge in [-0.3, -0.25) is 0 Å². The van der Waals surface area contributed by atoms with Crippen LogP contribution in [0.2, 0.25) is 0 Å². The van der Waals surface area contributed by atoms with Gasteiger partial charge < -0.3 is 109 Å². The smallest absolute Gasteiger partial charge is 0.543 e. The summed E-state index contributed by atoms with van der Waals surface area (Å²) in [7, 11) is 0. The van der Waals surface area contributed by atoms with E-state index in [1.54, 1.807) is 0 Å². The third-order valence-electron chi connectivity index (χ3n) is 0.500. The van der Waals surface area contributed by atoms with Gasteiger partial charge in [0.25, 0.3) is 0 Å². The first-order chi connectivity index (χ1) is 7.93. The van der Waals surface area contributed by atoms with Gasteiger partial charge in [-0.1, -0.05) is 0 Å². The van der Waals surface area contributed by atoms with Crippen molar-refractivity contribution in [1.82, 2.24) is 0 Å². The van der Waals surface area contributed by atoms with E-state index in [1.807, 2.05) is 0 Å². The molecule has 0 atom stereocenters. The van der Waals surface area contributed by atoms with Crippen LogP contribution in [0.1, 0.15) is 0 Å². The van der Waals surface area contributed by atoms with Crippen LogP contribution in [-0.4, -0.2) is 85.1 Å². The van der Waals surface area contributed by atoms with Gasteiger partial charge in [-0.05, 0) is 0 Å². The second-order valence-electron chi connectivity index (χ2n) is 1.72. The zero-order chi connectivity index (χ0) is 15.5. The predicted molar refractivity (Wildman–Crippen MR) is 62.6 cm³/mol. The summed E-state index contributed by atoms with van der Waals surface area (Å²) in [5, 5.41) is 53.6. The zero-order valence-electron chi connectivity index (χ0n) is 13.6. The van der Waals surface area contributed by atoms with Crippen LogP contribution in [0.15, 0.2) is 0 Å². The molecule has 0 saturated heterocycles. The number of carbonyl (C=O) groups is 6. The van der Waals surface area contributed by atoms with E-state index in [4.69, 9.17) is 59.4 Å². The fraction of sp³-hybridized carbons (Fsp3) is 0. The molecule has 0 bridgehead atoms. The van der Waals surface area contributed by atoms with Crippen molar-refractivity contribution in [2.45, 2.75) is 0 Å². The van der Waals surface area contributed by atoms with E-state index in [9.17, 15) is 0 Å². The molecule has 0 aliphatic carbocycles. The third-order valence-corrected chi connectivity index (χ3v) is 0.500. The molecule has 0 spiro atoms. The Balaban J connectivity index is -0.00000000815. The van der Waals surface area contributed by atoms with Crippen LogP contribution in [0.25, 0.3) is 0 Å². The zero-order valence-corrected chi connectivity index (χ0v) is 19.2. The van der Waals surface area contributed by atoms with Crippen molar-refractivity contribution in [2.75, 3.05) is 0 Å². The average molecular weight is 604 g/mol. The van der Waals surface area contributed by atoms with E-state index >= 15 is 0 Å². The molecule has 0 fully saturated rings. The molecule has 0 aliphatic heterocycles. The molecule has 0 aromatic heterocycles. The van der Waals surface area contributed by atoms with Crippen molar-refractivity contribution in [2.24, 2.45) is 0 Å². The normalized spacial score (nSPS) is 4.55. The Labute approximate surface area is 208 Å². The maximum absolute atomic E-state index is 8.93. The SMILES string of the molecule is O.O.O.O.O.O.O.O.O.O=C([O-])C(=O)[O-].O=C([O-])C(=O)[O-].O=C([O-])C(=O)[O-].[Y+3].[Y+3]. The van der Waals surface area contributed by atoms with Crippen molar-refractivity contribution in [3.05, 3.63) is 0 Å². The summed E-state index contributed by atoms with van der Waals surface area (Å²) in [6.45, 7) is 0. The van der Waals surface area contributed by atoms with Crippen LogP contribution in [-0.2, 0) is 94.2 Å². The summed E-state index contributed by atoms with van der Waals surface area (Å²) in [5.74, 6) is -13.1. The summed E-state index contributed by atoms with van der Waals surface area (Å²) in [6, 6.07) is 0. The molecule has 0 unspecified atom stereocenters. The second kappa shape index (κ2) is 63.2. The molecule has 0 heterocycles. The fourth-order valence-electron chi connectivity index (χ4n) is 0. The van der Waals surface area contributed by atoms with Crippen LogP contribution in [0, 0.1) is 0 Å². The monoisotopic (exact) mass is 604 g/mol. The number of aliphatic carboxylic acids is 6. The molecular weight excluding hydrogens is 586 g/mol. The summed E-state index contributed by atoms with van der Waals surface area (Å²) in [4.78, 5) is 53.6. The van der Waals surface area contributed by atoms with Crippen LogP contribution in [0.3, 0.4) is 0 Å². The largest absolute Gasteiger partial charge is 3.00 e. The van der Waals surface area contributed by atoms with Gasteiger partial charge >= 0.3 is 65.4 Å². The Morgan fingerprint density at radius 3 is 0.310 bits per heavy atom. The molecular formula is C6H18O21Y2. The topological polar surface area (TPSA) is 524 Å². The van der Waals surface area contributed by atoms with Crippen LogP contribution >= 0.6 is 0 Å². The minimum atomic E-state index is -2.19. The maximum Gasteiger partial charge on any atom is 3.00 e. The number of rotatable bonds is 0. The summed E-state index contributed by atoms with van der Waals surface area (Å²) < 4.78 is 0. The van der Waals surface area contributed by atoms with Crippen molar-refractivity contribution in [3.8, 4) is 0 Å². The van der Waals surface area contributed by atoms with Crippen molar-refractivity contribution in [3.63, 3.8) is 0 Å². The van der Waals surface area contributed by atoms with Crippen molar-refractivity contribution >= 4 is 35.8 Å². The van der Waals surface area contributed by atoms with E-state index in [1.165, 1.54) is 0 Å². The molecule has 0 radical (unpaired) electrons. The van der Waals surface area contributed by atoms with Gasteiger partial charge in [0.2, 0.25) is 0 Å². The van der Waals surface area contributed by atoms with Crippen LogP contribution in [0.4, 0.5) is 0 Å². The van der Waals surface area contributed by atoms with Gasteiger partial charge in [0.1, 0.15) is 0 Å². The van der Waals surface area contributed by atoms with Crippen LogP contribution < -0.4 is 30.6 Å². The van der Waals surface area contributed by atoms with Gasteiger partial charge in [0, 0.05) is 0 Å².